The molecule has 0 saturated carbocycles. The van der Waals surface area contributed by atoms with Crippen molar-refractivity contribution >= 4 is 11.9 Å². The van der Waals surface area contributed by atoms with Crippen molar-refractivity contribution in [2.45, 2.75) is 110 Å². The number of unbranched alkanes of at least 4 members (excludes halogenated alkanes) is 11. The first kappa shape index (κ1) is 26.9. The molecule has 0 aliphatic heterocycles. The van der Waals surface area contributed by atoms with Gasteiger partial charge in [0, 0.05) is 12.8 Å². The normalized spacial score (nSPS) is 11.1. The lowest BCUT2D eigenvalue weighted by Crippen LogP contribution is -2.07. The summed E-state index contributed by atoms with van der Waals surface area (Å²) < 4.78 is 5.32. The number of ether oxygens (including phenoxy) is 1. The molecule has 0 heterocycles. The first-order valence-electron chi connectivity index (χ1n) is 12.3. The molecule has 0 amide bonds. The minimum absolute atomic E-state index is 0.102. The Labute approximate surface area is 189 Å². The van der Waals surface area contributed by atoms with Crippen molar-refractivity contribution in [1.29, 1.82) is 0 Å². The van der Waals surface area contributed by atoms with E-state index < -0.39 is 5.97 Å². The first-order valence-corrected chi connectivity index (χ1v) is 12.3. The van der Waals surface area contributed by atoms with Gasteiger partial charge in [0.15, 0.2) is 0 Å². The third kappa shape index (κ3) is 16.3. The van der Waals surface area contributed by atoms with E-state index >= 15 is 0 Å². The molecule has 0 unspecified atom stereocenters. The zero-order valence-electron chi connectivity index (χ0n) is 19.4. The zero-order chi connectivity index (χ0) is 22.6. The van der Waals surface area contributed by atoms with Crippen molar-refractivity contribution < 1.29 is 19.4 Å². The minimum Gasteiger partial charge on any atom is -0.481 e. The molecule has 0 bridgehead atoms. The summed E-state index contributed by atoms with van der Waals surface area (Å²) in [6.07, 6.45) is 21.9. The summed E-state index contributed by atoms with van der Waals surface area (Å²) in [4.78, 5) is 22.5. The van der Waals surface area contributed by atoms with Crippen molar-refractivity contribution in [3.05, 3.63) is 42.0 Å². The number of carbonyl (C=O) groups excluding carboxylic acids is 1. The number of carboxylic acids is 1. The van der Waals surface area contributed by atoms with Crippen molar-refractivity contribution in [2.24, 2.45) is 0 Å². The van der Waals surface area contributed by atoms with Crippen molar-refractivity contribution in [1.82, 2.24) is 0 Å². The average molecular weight is 431 g/mol. The summed E-state index contributed by atoms with van der Waals surface area (Å²) in [6.45, 7) is 2.26. The van der Waals surface area contributed by atoms with E-state index in [0.717, 1.165) is 12.0 Å². The van der Waals surface area contributed by atoms with Crippen LogP contribution in [0.4, 0.5) is 0 Å². The molecule has 1 aromatic carbocycles. The third-order valence-corrected chi connectivity index (χ3v) is 5.44. The second kappa shape index (κ2) is 18.7. The number of carboxylic acid groups (broad SMARTS) is 1. The molecular formula is C27H42O4. The Morgan fingerprint density at radius 3 is 1.90 bits per heavy atom. The Morgan fingerprint density at radius 1 is 0.774 bits per heavy atom. The summed E-state index contributed by atoms with van der Waals surface area (Å²) >= 11 is 0. The molecule has 4 heteroatoms. The van der Waals surface area contributed by atoms with Crippen LogP contribution in [-0.2, 0) is 16.0 Å². The number of allylic oxidation sites excluding steroid dienone is 2. The predicted octanol–water partition coefficient (Wildman–Crippen LogP) is 7.65. The third-order valence-electron chi connectivity index (χ3n) is 5.44. The lowest BCUT2D eigenvalue weighted by Gasteiger charge is -2.04. The number of carbonyl (C=O) groups is 2. The molecule has 0 atom stereocenters. The Morgan fingerprint density at radius 2 is 1.32 bits per heavy atom. The fourth-order valence-corrected chi connectivity index (χ4v) is 3.52. The lowest BCUT2D eigenvalue weighted by molar-refractivity contribution is -0.137. The maximum atomic E-state index is 11.9. The van der Waals surface area contributed by atoms with E-state index in [4.69, 9.17) is 9.84 Å². The molecule has 0 radical (unpaired) electrons. The van der Waals surface area contributed by atoms with Crippen LogP contribution in [0.1, 0.15) is 109 Å². The average Bonchev–Trinajstić information content (AvgIpc) is 2.76. The fourth-order valence-electron chi connectivity index (χ4n) is 3.52. The quantitative estimate of drug-likeness (QED) is 0.106. The first-order chi connectivity index (χ1) is 15.1. The van der Waals surface area contributed by atoms with Crippen LogP contribution < -0.4 is 4.74 Å². The van der Waals surface area contributed by atoms with Gasteiger partial charge in [-0.15, -0.1) is 0 Å². The van der Waals surface area contributed by atoms with E-state index in [1.165, 1.54) is 70.6 Å². The van der Waals surface area contributed by atoms with E-state index in [2.05, 4.69) is 19.1 Å². The van der Waals surface area contributed by atoms with E-state index in [1.807, 2.05) is 0 Å². The van der Waals surface area contributed by atoms with Gasteiger partial charge in [0.05, 0.1) is 0 Å². The number of hydrogen-bond acceptors (Lipinski definition) is 3. The largest absolute Gasteiger partial charge is 0.481 e. The van der Waals surface area contributed by atoms with Crippen LogP contribution in [0.5, 0.6) is 5.75 Å². The van der Waals surface area contributed by atoms with Crippen LogP contribution in [0.25, 0.3) is 0 Å². The van der Waals surface area contributed by atoms with Gasteiger partial charge >= 0.3 is 11.9 Å². The maximum absolute atomic E-state index is 11.9. The summed E-state index contributed by atoms with van der Waals surface area (Å²) in [5.74, 6) is -0.543. The van der Waals surface area contributed by atoms with Crippen molar-refractivity contribution in [2.75, 3.05) is 0 Å². The van der Waals surface area contributed by atoms with Gasteiger partial charge in [-0.05, 0) is 43.4 Å². The summed E-state index contributed by atoms with van der Waals surface area (Å²) in [7, 11) is 0. The zero-order valence-corrected chi connectivity index (χ0v) is 19.4. The van der Waals surface area contributed by atoms with Crippen molar-refractivity contribution in [3.8, 4) is 5.75 Å². The molecule has 1 aromatic rings. The number of benzene rings is 1. The standard InChI is InChI=1S/C27H42O4/c1-2-3-4-5-6-7-8-9-10-11-12-13-14-15-16-17-27(30)31-25-21-18-24(19-22-25)20-23-26(28)29/h14-15,18-19,21-22H,2-13,16-17,20,23H2,1H3,(H,28,29)/b15-14+. The van der Waals surface area contributed by atoms with Crippen LogP contribution >= 0.6 is 0 Å². The number of hydrogen-bond donors (Lipinski definition) is 1. The van der Waals surface area contributed by atoms with Gasteiger partial charge in [-0.25, -0.2) is 0 Å². The van der Waals surface area contributed by atoms with Gasteiger partial charge in [0.2, 0.25) is 0 Å². The molecule has 174 valence electrons. The highest BCUT2D eigenvalue weighted by Crippen LogP contribution is 2.15. The molecule has 4 nitrogen and oxygen atoms in total. The second-order valence-corrected chi connectivity index (χ2v) is 8.35. The monoisotopic (exact) mass is 430 g/mol. The van der Waals surface area contributed by atoms with E-state index in [0.29, 0.717) is 25.0 Å². The topological polar surface area (TPSA) is 63.6 Å². The molecule has 0 spiro atoms. The molecule has 0 fully saturated rings. The lowest BCUT2D eigenvalue weighted by atomic mass is 10.1. The highest BCUT2D eigenvalue weighted by atomic mass is 16.5. The highest BCUT2D eigenvalue weighted by Gasteiger charge is 2.04. The number of esters is 1. The van der Waals surface area contributed by atoms with Crippen LogP contribution in [0.3, 0.4) is 0 Å². The fraction of sp³-hybridized carbons (Fsp3) is 0.630. The maximum Gasteiger partial charge on any atom is 0.311 e. The van der Waals surface area contributed by atoms with Crippen LogP contribution in [0.15, 0.2) is 36.4 Å². The van der Waals surface area contributed by atoms with Gasteiger partial charge < -0.3 is 9.84 Å². The van der Waals surface area contributed by atoms with Gasteiger partial charge in [-0.3, -0.25) is 9.59 Å². The number of aryl methyl sites for hydroxylation is 1. The van der Waals surface area contributed by atoms with Crippen molar-refractivity contribution in [3.63, 3.8) is 0 Å². The molecular weight excluding hydrogens is 388 g/mol. The Kier molecular flexibility index (Phi) is 16.2. The Balaban J connectivity index is 1.97. The molecule has 1 N–H and O–H groups in total. The summed E-state index contributed by atoms with van der Waals surface area (Å²) in [5.41, 5.74) is 0.924. The molecule has 0 aliphatic rings. The molecule has 0 saturated heterocycles. The van der Waals surface area contributed by atoms with E-state index in [1.54, 1.807) is 24.3 Å². The number of rotatable bonds is 19. The van der Waals surface area contributed by atoms with E-state index in [-0.39, 0.29) is 12.4 Å². The van der Waals surface area contributed by atoms with E-state index in [9.17, 15) is 9.59 Å². The van der Waals surface area contributed by atoms with Gasteiger partial charge in [-0.1, -0.05) is 95.4 Å². The Hall–Kier alpha value is -2.10. The van der Waals surface area contributed by atoms with Gasteiger partial charge in [0.25, 0.3) is 0 Å². The molecule has 0 aromatic heterocycles. The van der Waals surface area contributed by atoms with Crippen LogP contribution in [0.2, 0.25) is 0 Å². The van der Waals surface area contributed by atoms with Gasteiger partial charge in [0.1, 0.15) is 5.75 Å². The van der Waals surface area contributed by atoms with Gasteiger partial charge in [-0.2, -0.15) is 0 Å². The predicted molar refractivity (Wildman–Crippen MR) is 127 cm³/mol. The Bertz CT molecular complexity index is 619. The minimum atomic E-state index is -0.813. The molecule has 0 aliphatic carbocycles. The number of aliphatic carboxylic acids is 1. The van der Waals surface area contributed by atoms with Crippen LogP contribution in [-0.4, -0.2) is 17.0 Å². The highest BCUT2D eigenvalue weighted by molar-refractivity contribution is 5.72. The summed E-state index contributed by atoms with van der Waals surface area (Å²) in [5, 5.41) is 8.70. The second-order valence-electron chi connectivity index (χ2n) is 8.35. The summed E-state index contributed by atoms with van der Waals surface area (Å²) in [6, 6.07) is 7.05. The molecule has 31 heavy (non-hydrogen) atoms. The van der Waals surface area contributed by atoms with Crippen LogP contribution in [0, 0.1) is 0 Å². The SMILES string of the molecule is CCCCCCCCCCCCC/C=C/CCC(=O)Oc1ccc(CCC(=O)O)cc1. The molecule has 1 rings (SSSR count). The smallest absolute Gasteiger partial charge is 0.311 e.